The van der Waals surface area contributed by atoms with Crippen LogP contribution in [0.2, 0.25) is 0 Å². The van der Waals surface area contributed by atoms with Gasteiger partial charge < -0.3 is 15.4 Å². The molecule has 1 aliphatic heterocycles. The van der Waals surface area contributed by atoms with Crippen LogP contribution in [-0.4, -0.2) is 42.1 Å². The van der Waals surface area contributed by atoms with Gasteiger partial charge in [-0.25, -0.2) is 0 Å². The molecule has 0 radical (unpaired) electrons. The van der Waals surface area contributed by atoms with Crippen LogP contribution in [0.15, 0.2) is 24.3 Å². The maximum Gasteiger partial charge on any atom is 0.142 e. The van der Waals surface area contributed by atoms with Crippen LogP contribution < -0.4 is 10.5 Å². The Kier molecular flexibility index (Phi) is 5.86. The molecule has 1 aromatic rings. The number of nitrogens with two attached hydrogens (primary N) is 1. The van der Waals surface area contributed by atoms with Gasteiger partial charge in [0.05, 0.1) is 12.3 Å². The highest BCUT2D eigenvalue weighted by molar-refractivity contribution is 8.00. The predicted molar refractivity (Wildman–Crippen MR) is 83.9 cm³/mol. The summed E-state index contributed by atoms with van der Waals surface area (Å²) < 4.78 is 5.72. The van der Waals surface area contributed by atoms with Crippen molar-refractivity contribution in [2.75, 3.05) is 37.7 Å². The Bertz CT molecular complexity index is 386. The average molecular weight is 280 g/mol. The minimum absolute atomic E-state index is 0.725. The van der Waals surface area contributed by atoms with E-state index in [9.17, 15) is 0 Å². The zero-order valence-electron chi connectivity index (χ0n) is 11.7. The van der Waals surface area contributed by atoms with Gasteiger partial charge in [0, 0.05) is 30.6 Å². The summed E-state index contributed by atoms with van der Waals surface area (Å²) in [5, 5.41) is 0.819. The largest absolute Gasteiger partial charge is 0.491 e. The summed E-state index contributed by atoms with van der Waals surface area (Å²) in [6, 6.07) is 7.70. The first-order valence-corrected chi connectivity index (χ1v) is 8.15. The molecule has 0 spiro atoms. The smallest absolute Gasteiger partial charge is 0.142 e. The zero-order chi connectivity index (χ0) is 13.5. The van der Waals surface area contributed by atoms with Gasteiger partial charge in [-0.2, -0.15) is 11.8 Å². The number of hydrogen-bond donors (Lipinski definition) is 1. The van der Waals surface area contributed by atoms with Crippen LogP contribution in [0.3, 0.4) is 0 Å². The Morgan fingerprint density at radius 1 is 1.42 bits per heavy atom. The summed E-state index contributed by atoms with van der Waals surface area (Å²) in [5.74, 6) is 2.08. The standard InChI is InChI=1S/C15H24N2OS/c1-2-13-12-17(9-11-19-13)8-5-10-18-15-7-4-3-6-14(15)16/h3-4,6-7,13H,2,5,8-12,16H2,1H3. The normalized spacial score (nSPS) is 20.4. The minimum Gasteiger partial charge on any atom is -0.491 e. The van der Waals surface area contributed by atoms with Gasteiger partial charge in [-0.15, -0.1) is 0 Å². The van der Waals surface area contributed by atoms with Crippen molar-refractivity contribution in [2.24, 2.45) is 0 Å². The molecular weight excluding hydrogens is 256 g/mol. The molecule has 2 rings (SSSR count). The molecule has 4 heteroatoms. The van der Waals surface area contributed by atoms with Crippen molar-refractivity contribution in [3.05, 3.63) is 24.3 Å². The third-order valence-electron chi connectivity index (χ3n) is 3.47. The Hall–Kier alpha value is -0.870. The molecule has 1 atom stereocenters. The van der Waals surface area contributed by atoms with Crippen molar-refractivity contribution in [1.29, 1.82) is 0 Å². The maximum absolute atomic E-state index is 5.84. The van der Waals surface area contributed by atoms with Crippen LogP contribution in [-0.2, 0) is 0 Å². The van der Waals surface area contributed by atoms with E-state index in [1.165, 1.54) is 25.3 Å². The SMILES string of the molecule is CCC1CN(CCCOc2ccccc2N)CCS1. The van der Waals surface area contributed by atoms with Crippen molar-refractivity contribution in [3.8, 4) is 5.75 Å². The van der Waals surface area contributed by atoms with E-state index in [-0.39, 0.29) is 0 Å². The molecular formula is C15H24N2OS. The summed E-state index contributed by atoms with van der Waals surface area (Å²) in [7, 11) is 0. The Morgan fingerprint density at radius 3 is 3.05 bits per heavy atom. The lowest BCUT2D eigenvalue weighted by Crippen LogP contribution is -2.38. The average Bonchev–Trinajstić information content (AvgIpc) is 2.45. The molecule has 1 saturated heterocycles. The van der Waals surface area contributed by atoms with E-state index in [1.54, 1.807) is 0 Å². The second kappa shape index (κ2) is 7.65. The van der Waals surface area contributed by atoms with Crippen molar-refractivity contribution < 1.29 is 4.74 Å². The summed E-state index contributed by atoms with van der Waals surface area (Å²) in [5.41, 5.74) is 6.57. The lowest BCUT2D eigenvalue weighted by Gasteiger charge is -2.31. The molecule has 19 heavy (non-hydrogen) atoms. The van der Waals surface area contributed by atoms with E-state index < -0.39 is 0 Å². The molecule has 106 valence electrons. The Labute approximate surface area is 120 Å². The zero-order valence-corrected chi connectivity index (χ0v) is 12.5. The third-order valence-corrected chi connectivity index (χ3v) is 4.85. The maximum atomic E-state index is 5.84. The number of nitrogens with zero attached hydrogens (tertiary/aromatic N) is 1. The summed E-state index contributed by atoms with van der Waals surface area (Å²) in [6.07, 6.45) is 2.34. The van der Waals surface area contributed by atoms with Gasteiger partial charge >= 0.3 is 0 Å². The van der Waals surface area contributed by atoms with Gasteiger partial charge in [-0.05, 0) is 25.0 Å². The summed E-state index contributed by atoms with van der Waals surface area (Å²) >= 11 is 2.12. The summed E-state index contributed by atoms with van der Waals surface area (Å²) in [6.45, 7) is 6.60. The highest BCUT2D eigenvalue weighted by atomic mass is 32.2. The molecule has 0 aromatic heterocycles. The molecule has 2 N–H and O–H groups in total. The van der Waals surface area contributed by atoms with Crippen LogP contribution in [0.25, 0.3) is 0 Å². The van der Waals surface area contributed by atoms with Gasteiger partial charge in [0.15, 0.2) is 0 Å². The van der Waals surface area contributed by atoms with Crippen molar-refractivity contribution in [3.63, 3.8) is 0 Å². The van der Waals surface area contributed by atoms with Gasteiger partial charge in [0.25, 0.3) is 0 Å². The van der Waals surface area contributed by atoms with E-state index in [1.807, 2.05) is 24.3 Å². The van der Waals surface area contributed by atoms with Crippen LogP contribution in [0.5, 0.6) is 5.75 Å². The molecule has 3 nitrogen and oxygen atoms in total. The van der Waals surface area contributed by atoms with E-state index in [0.29, 0.717) is 0 Å². The first-order valence-electron chi connectivity index (χ1n) is 7.11. The van der Waals surface area contributed by atoms with E-state index in [4.69, 9.17) is 10.5 Å². The minimum atomic E-state index is 0.725. The van der Waals surface area contributed by atoms with Crippen LogP contribution in [0, 0.1) is 0 Å². The third kappa shape index (κ3) is 4.62. The number of nitrogen functional groups attached to an aromatic ring is 1. The molecule has 1 heterocycles. The van der Waals surface area contributed by atoms with Crippen molar-refractivity contribution in [2.45, 2.75) is 25.0 Å². The van der Waals surface area contributed by atoms with Gasteiger partial charge in [0.1, 0.15) is 5.75 Å². The fourth-order valence-corrected chi connectivity index (χ4v) is 3.56. The number of thioether (sulfide) groups is 1. The Balaban J connectivity index is 1.65. The predicted octanol–water partition coefficient (Wildman–Crippen LogP) is 2.87. The van der Waals surface area contributed by atoms with Crippen LogP contribution in [0.4, 0.5) is 5.69 Å². The van der Waals surface area contributed by atoms with Gasteiger partial charge in [-0.3, -0.25) is 0 Å². The van der Waals surface area contributed by atoms with Crippen molar-refractivity contribution in [1.82, 2.24) is 4.90 Å². The second-order valence-electron chi connectivity index (χ2n) is 4.94. The van der Waals surface area contributed by atoms with Gasteiger partial charge in [0.2, 0.25) is 0 Å². The number of anilines is 1. The summed E-state index contributed by atoms with van der Waals surface area (Å²) in [4.78, 5) is 2.56. The molecule has 1 aromatic carbocycles. The van der Waals surface area contributed by atoms with Crippen molar-refractivity contribution >= 4 is 17.4 Å². The lowest BCUT2D eigenvalue weighted by molar-refractivity contribution is 0.239. The first kappa shape index (κ1) is 14.5. The molecule has 0 amide bonds. The number of ether oxygens (including phenoxy) is 1. The molecule has 1 fully saturated rings. The highest BCUT2D eigenvalue weighted by Gasteiger charge is 2.18. The molecule has 0 bridgehead atoms. The quantitative estimate of drug-likeness (QED) is 0.642. The monoisotopic (exact) mass is 280 g/mol. The number of rotatable bonds is 6. The Morgan fingerprint density at radius 2 is 2.26 bits per heavy atom. The van der Waals surface area contributed by atoms with E-state index in [2.05, 4.69) is 23.6 Å². The number of hydrogen-bond acceptors (Lipinski definition) is 4. The van der Waals surface area contributed by atoms with Crippen LogP contribution in [0.1, 0.15) is 19.8 Å². The second-order valence-corrected chi connectivity index (χ2v) is 6.35. The highest BCUT2D eigenvalue weighted by Crippen LogP contribution is 2.22. The van der Waals surface area contributed by atoms with E-state index >= 15 is 0 Å². The fraction of sp³-hybridized carbons (Fsp3) is 0.600. The van der Waals surface area contributed by atoms with E-state index in [0.717, 1.165) is 36.3 Å². The molecule has 0 aliphatic carbocycles. The molecule has 1 unspecified atom stereocenters. The molecule has 0 saturated carbocycles. The topological polar surface area (TPSA) is 38.5 Å². The fourth-order valence-electron chi connectivity index (χ4n) is 2.31. The lowest BCUT2D eigenvalue weighted by atomic mass is 10.2. The van der Waals surface area contributed by atoms with Crippen LogP contribution >= 0.6 is 11.8 Å². The number of para-hydroxylation sites is 2. The first-order chi connectivity index (χ1) is 9.29. The number of benzene rings is 1. The van der Waals surface area contributed by atoms with Gasteiger partial charge in [-0.1, -0.05) is 19.1 Å². The molecule has 1 aliphatic rings.